The Morgan fingerprint density at radius 1 is 1.47 bits per heavy atom. The molecule has 0 aliphatic rings. The van der Waals surface area contributed by atoms with Crippen LogP contribution in [0.3, 0.4) is 0 Å². The van der Waals surface area contributed by atoms with Crippen LogP contribution in [0.25, 0.3) is 0 Å². The van der Waals surface area contributed by atoms with Crippen LogP contribution in [-0.2, 0) is 6.42 Å². The molecule has 0 fully saturated rings. The molecule has 2 heterocycles. The topological polar surface area (TPSA) is 47.0 Å². The van der Waals surface area contributed by atoms with Gasteiger partial charge in [-0.15, -0.1) is 11.3 Å². The summed E-state index contributed by atoms with van der Waals surface area (Å²) in [6.07, 6.45) is 2.37. The maximum Gasteiger partial charge on any atom is 0.216 e. The number of methoxy groups -OCH3 is 1. The minimum atomic E-state index is 0.287. The molecule has 17 heavy (non-hydrogen) atoms. The summed E-state index contributed by atoms with van der Waals surface area (Å²) in [5.41, 5.74) is 0.976. The summed E-state index contributed by atoms with van der Waals surface area (Å²) >= 11 is 1.75. The van der Waals surface area contributed by atoms with E-state index in [1.165, 1.54) is 11.2 Å². The van der Waals surface area contributed by atoms with Crippen LogP contribution in [0.2, 0.25) is 0 Å². The Hall–Kier alpha value is -1.46. The van der Waals surface area contributed by atoms with Crippen molar-refractivity contribution in [2.24, 2.45) is 0 Å². The van der Waals surface area contributed by atoms with Gasteiger partial charge in [0.2, 0.25) is 5.88 Å². The van der Waals surface area contributed by atoms with Gasteiger partial charge in [0.15, 0.2) is 0 Å². The van der Waals surface area contributed by atoms with E-state index in [1.54, 1.807) is 18.4 Å². The van der Waals surface area contributed by atoms with E-state index in [1.807, 2.05) is 13.1 Å². The number of hydrogen-bond donors (Lipinski definition) is 1. The quantitative estimate of drug-likeness (QED) is 0.881. The van der Waals surface area contributed by atoms with Crippen LogP contribution >= 0.6 is 11.3 Å². The Bertz CT molecular complexity index is 459. The first-order chi connectivity index (χ1) is 8.33. The number of thiophene rings is 1. The molecule has 0 saturated carbocycles. The van der Waals surface area contributed by atoms with E-state index in [0.29, 0.717) is 5.88 Å². The van der Waals surface area contributed by atoms with Gasteiger partial charge in [0.25, 0.3) is 0 Å². The lowest BCUT2D eigenvalue weighted by molar-refractivity contribution is 0.395. The van der Waals surface area contributed by atoms with Gasteiger partial charge >= 0.3 is 0 Å². The third-order valence-corrected chi connectivity index (χ3v) is 3.54. The Kier molecular flexibility index (Phi) is 4.06. The van der Waals surface area contributed by atoms with Gasteiger partial charge in [-0.3, -0.25) is 0 Å². The molecule has 2 rings (SSSR count). The highest BCUT2D eigenvalue weighted by atomic mass is 32.1. The first-order valence-electron chi connectivity index (χ1n) is 5.39. The van der Waals surface area contributed by atoms with Gasteiger partial charge in [0.1, 0.15) is 6.33 Å². The van der Waals surface area contributed by atoms with E-state index in [-0.39, 0.29) is 6.04 Å². The molecule has 0 spiro atoms. The molecule has 0 aliphatic carbocycles. The van der Waals surface area contributed by atoms with Crippen LogP contribution in [0.4, 0.5) is 0 Å². The average Bonchev–Trinajstić information content (AvgIpc) is 2.90. The first kappa shape index (κ1) is 12.0. The van der Waals surface area contributed by atoms with Crippen LogP contribution in [0.15, 0.2) is 29.9 Å². The monoisotopic (exact) mass is 249 g/mol. The van der Waals surface area contributed by atoms with Gasteiger partial charge in [-0.05, 0) is 18.5 Å². The van der Waals surface area contributed by atoms with E-state index in [0.717, 1.165) is 12.1 Å². The summed E-state index contributed by atoms with van der Waals surface area (Å²) in [6.45, 7) is 0. The molecule has 0 aromatic carbocycles. The number of aromatic nitrogens is 2. The fourth-order valence-corrected chi connectivity index (χ4v) is 2.48. The van der Waals surface area contributed by atoms with Crippen molar-refractivity contribution in [1.82, 2.24) is 15.3 Å². The first-order valence-corrected chi connectivity index (χ1v) is 6.27. The van der Waals surface area contributed by atoms with Crippen molar-refractivity contribution in [1.29, 1.82) is 0 Å². The molecule has 0 amide bonds. The van der Waals surface area contributed by atoms with E-state index < -0.39 is 0 Å². The summed E-state index contributed by atoms with van der Waals surface area (Å²) in [7, 11) is 3.57. The molecule has 5 heteroatoms. The molecule has 0 saturated heterocycles. The third-order valence-electron chi connectivity index (χ3n) is 2.56. The van der Waals surface area contributed by atoms with E-state index in [4.69, 9.17) is 4.74 Å². The molecule has 1 unspecified atom stereocenters. The molecule has 90 valence electrons. The standard InChI is InChI=1S/C12H15N3OS/c1-13-10(11-4-3-5-17-11)6-9-7-12(16-2)15-8-14-9/h3-5,7-8,10,13H,6H2,1-2H3. The molecule has 0 radical (unpaired) electrons. The van der Waals surface area contributed by atoms with Crippen LogP contribution in [0.1, 0.15) is 16.6 Å². The summed E-state index contributed by atoms with van der Waals surface area (Å²) in [5.74, 6) is 0.607. The SMILES string of the molecule is CNC(Cc1cc(OC)ncn1)c1cccs1. The maximum absolute atomic E-state index is 5.09. The molecule has 2 aromatic heterocycles. The molecule has 1 atom stereocenters. The van der Waals surface area contributed by atoms with Crippen LogP contribution in [0, 0.1) is 0 Å². The molecule has 2 aromatic rings. The van der Waals surface area contributed by atoms with E-state index in [9.17, 15) is 0 Å². The van der Waals surface area contributed by atoms with Crippen molar-refractivity contribution in [3.8, 4) is 5.88 Å². The van der Waals surface area contributed by atoms with Gasteiger partial charge in [0.05, 0.1) is 7.11 Å². The second kappa shape index (κ2) is 5.75. The average molecular weight is 249 g/mol. The predicted octanol–water partition coefficient (Wildman–Crippen LogP) is 2.05. The minimum absolute atomic E-state index is 0.287. The normalized spacial score (nSPS) is 12.4. The summed E-state index contributed by atoms with van der Waals surface area (Å²) < 4.78 is 5.09. The van der Waals surface area contributed by atoms with Crippen molar-refractivity contribution in [3.63, 3.8) is 0 Å². The highest BCUT2D eigenvalue weighted by Gasteiger charge is 2.12. The van der Waals surface area contributed by atoms with Crippen molar-refractivity contribution in [2.45, 2.75) is 12.5 Å². The minimum Gasteiger partial charge on any atom is -0.481 e. The highest BCUT2D eigenvalue weighted by Crippen LogP contribution is 2.22. The summed E-state index contributed by atoms with van der Waals surface area (Å²) in [6, 6.07) is 6.35. The fraction of sp³-hybridized carbons (Fsp3) is 0.333. The summed E-state index contributed by atoms with van der Waals surface area (Å²) in [5, 5.41) is 5.38. The molecule has 0 bridgehead atoms. The fourth-order valence-electron chi connectivity index (χ4n) is 1.64. The lowest BCUT2D eigenvalue weighted by atomic mass is 10.1. The predicted molar refractivity (Wildman–Crippen MR) is 68.4 cm³/mol. The molecule has 4 nitrogen and oxygen atoms in total. The number of hydrogen-bond acceptors (Lipinski definition) is 5. The zero-order valence-electron chi connectivity index (χ0n) is 9.88. The Morgan fingerprint density at radius 2 is 2.35 bits per heavy atom. The van der Waals surface area contributed by atoms with Crippen molar-refractivity contribution >= 4 is 11.3 Å². The largest absolute Gasteiger partial charge is 0.481 e. The van der Waals surface area contributed by atoms with Gasteiger partial charge in [0, 0.05) is 29.1 Å². The van der Waals surface area contributed by atoms with Crippen LogP contribution in [0.5, 0.6) is 5.88 Å². The molecule has 1 N–H and O–H groups in total. The maximum atomic E-state index is 5.09. The number of ether oxygens (including phenoxy) is 1. The van der Waals surface area contributed by atoms with Crippen LogP contribution < -0.4 is 10.1 Å². The van der Waals surface area contributed by atoms with Gasteiger partial charge < -0.3 is 10.1 Å². The van der Waals surface area contributed by atoms with E-state index in [2.05, 4.69) is 32.8 Å². The zero-order valence-corrected chi connectivity index (χ0v) is 10.7. The lowest BCUT2D eigenvalue weighted by Crippen LogP contribution is -2.18. The van der Waals surface area contributed by atoms with Crippen molar-refractivity contribution < 1.29 is 4.74 Å². The Labute approximate surface area is 105 Å². The van der Waals surface area contributed by atoms with Crippen molar-refractivity contribution in [3.05, 3.63) is 40.5 Å². The number of nitrogens with zero attached hydrogens (tertiary/aromatic N) is 2. The Balaban J connectivity index is 2.13. The third kappa shape index (κ3) is 3.01. The second-order valence-corrected chi connectivity index (χ2v) is 4.59. The number of nitrogens with one attached hydrogen (secondary N) is 1. The number of rotatable bonds is 5. The second-order valence-electron chi connectivity index (χ2n) is 3.61. The molecular formula is C12H15N3OS. The molecular weight excluding hydrogens is 234 g/mol. The lowest BCUT2D eigenvalue weighted by Gasteiger charge is -2.14. The highest BCUT2D eigenvalue weighted by molar-refractivity contribution is 7.10. The van der Waals surface area contributed by atoms with Gasteiger partial charge in [-0.1, -0.05) is 6.07 Å². The van der Waals surface area contributed by atoms with Gasteiger partial charge in [-0.25, -0.2) is 9.97 Å². The van der Waals surface area contributed by atoms with Crippen molar-refractivity contribution in [2.75, 3.05) is 14.2 Å². The molecule has 0 aliphatic heterocycles. The number of likely N-dealkylation sites (N-methyl/N-ethyl adjacent to an activating group) is 1. The van der Waals surface area contributed by atoms with Gasteiger partial charge in [-0.2, -0.15) is 0 Å². The zero-order chi connectivity index (χ0) is 12.1. The van der Waals surface area contributed by atoms with E-state index >= 15 is 0 Å². The smallest absolute Gasteiger partial charge is 0.216 e. The summed E-state index contributed by atoms with van der Waals surface area (Å²) in [4.78, 5) is 9.57. The Morgan fingerprint density at radius 3 is 3.00 bits per heavy atom. The van der Waals surface area contributed by atoms with Crippen LogP contribution in [-0.4, -0.2) is 24.1 Å².